The van der Waals surface area contributed by atoms with E-state index >= 15 is 0 Å². The summed E-state index contributed by atoms with van der Waals surface area (Å²) in [5.74, 6) is -0.658. The minimum Gasteiger partial charge on any atom is -0.506 e. The number of nitrogens with zero attached hydrogens (tertiary/aromatic N) is 3. The van der Waals surface area contributed by atoms with Crippen LogP contribution in [0.2, 0.25) is 0 Å². The van der Waals surface area contributed by atoms with Crippen molar-refractivity contribution in [3.8, 4) is 0 Å². The van der Waals surface area contributed by atoms with Gasteiger partial charge in [-0.2, -0.15) is 0 Å². The molecule has 1 saturated heterocycles. The second-order valence-corrected chi connectivity index (χ2v) is 10.5. The molecule has 0 unspecified atom stereocenters. The largest absolute Gasteiger partial charge is 0.506 e. The highest BCUT2D eigenvalue weighted by molar-refractivity contribution is 8.18. The highest BCUT2D eigenvalue weighted by Gasteiger charge is 2.33. The highest BCUT2D eigenvalue weighted by Crippen LogP contribution is 2.41. The first-order valence-electron chi connectivity index (χ1n) is 13.0. The molecule has 1 atom stereocenters. The summed E-state index contributed by atoms with van der Waals surface area (Å²) in [4.78, 5) is 33.1. The minimum atomic E-state index is -0.612. The number of ether oxygens (including phenoxy) is 1. The van der Waals surface area contributed by atoms with Crippen molar-refractivity contribution in [3.63, 3.8) is 0 Å². The summed E-state index contributed by atoms with van der Waals surface area (Å²) in [5.41, 5.74) is 2.52. The van der Waals surface area contributed by atoms with Crippen LogP contribution in [0.3, 0.4) is 0 Å². The predicted molar refractivity (Wildman–Crippen MR) is 152 cm³/mol. The van der Waals surface area contributed by atoms with Crippen LogP contribution in [0.4, 0.5) is 5.69 Å². The second kappa shape index (κ2) is 11.3. The number of para-hydroxylation sites is 2. The van der Waals surface area contributed by atoms with Gasteiger partial charge in [-0.15, -0.1) is 0 Å². The molecular formula is C30H31N3O4S. The molecular weight excluding hydrogens is 498 g/mol. The zero-order valence-corrected chi connectivity index (χ0v) is 22.4. The lowest BCUT2D eigenvalue weighted by atomic mass is 10.0. The van der Waals surface area contributed by atoms with Crippen LogP contribution < -0.4 is 0 Å². The maximum atomic E-state index is 13.2. The fourth-order valence-corrected chi connectivity index (χ4v) is 6.01. The Morgan fingerprint density at radius 1 is 1.13 bits per heavy atom. The molecule has 1 fully saturated rings. The van der Waals surface area contributed by atoms with Crippen LogP contribution in [0.1, 0.15) is 38.7 Å². The van der Waals surface area contributed by atoms with Gasteiger partial charge in [0.2, 0.25) is 5.91 Å². The van der Waals surface area contributed by atoms with Crippen LogP contribution in [0, 0.1) is 0 Å². The molecule has 3 heterocycles. The van der Waals surface area contributed by atoms with E-state index in [4.69, 9.17) is 4.74 Å². The standard InChI is InChI=1S/C30H31N3O4S/c1-3-37-30(36)27-28(35)25(38-29(27)31-22-12-5-4-6-13-22)17-21-18-32(24-15-8-7-14-23(21)24)19-26(34)33-16-10-9-11-20(33)2/h4-8,12-15,17-18,20,35H,3,9-11,16,19H2,1-2H3/b25-17-,31-29?/t20-/m1/s1. The molecule has 0 saturated carbocycles. The summed E-state index contributed by atoms with van der Waals surface area (Å²) in [5, 5.41) is 12.5. The van der Waals surface area contributed by atoms with Crippen molar-refractivity contribution in [3.05, 3.63) is 82.6 Å². The number of aromatic nitrogens is 1. The lowest BCUT2D eigenvalue weighted by Gasteiger charge is -2.33. The van der Waals surface area contributed by atoms with Gasteiger partial charge in [0.25, 0.3) is 0 Å². The van der Waals surface area contributed by atoms with Crippen molar-refractivity contribution in [2.75, 3.05) is 13.2 Å². The van der Waals surface area contributed by atoms with E-state index in [1.54, 1.807) is 6.92 Å². The van der Waals surface area contributed by atoms with Crippen LogP contribution in [0.25, 0.3) is 17.0 Å². The first-order chi connectivity index (χ1) is 18.5. The Labute approximate surface area is 226 Å². The van der Waals surface area contributed by atoms with Gasteiger partial charge >= 0.3 is 5.97 Å². The van der Waals surface area contributed by atoms with E-state index in [0.29, 0.717) is 15.6 Å². The molecule has 0 radical (unpaired) electrons. The summed E-state index contributed by atoms with van der Waals surface area (Å²) >= 11 is 1.23. The Morgan fingerprint density at radius 2 is 1.89 bits per heavy atom. The average molecular weight is 530 g/mol. The van der Waals surface area contributed by atoms with Crippen LogP contribution in [-0.4, -0.2) is 50.7 Å². The highest BCUT2D eigenvalue weighted by atomic mass is 32.2. The molecule has 38 heavy (non-hydrogen) atoms. The smallest absolute Gasteiger partial charge is 0.344 e. The third-order valence-electron chi connectivity index (χ3n) is 6.89. The third-order valence-corrected chi connectivity index (χ3v) is 7.91. The summed E-state index contributed by atoms with van der Waals surface area (Å²) in [6, 6.07) is 17.4. The molecule has 1 aromatic heterocycles. The number of fused-ring (bicyclic) bond motifs is 1. The van der Waals surface area contributed by atoms with Gasteiger partial charge in [-0.1, -0.05) is 48.2 Å². The average Bonchev–Trinajstić information content (AvgIpc) is 3.41. The third kappa shape index (κ3) is 5.27. The topological polar surface area (TPSA) is 84.1 Å². The Bertz CT molecular complexity index is 1450. The Hall–Kier alpha value is -3.78. The van der Waals surface area contributed by atoms with E-state index in [1.807, 2.05) is 76.3 Å². The Balaban J connectivity index is 1.51. The number of esters is 1. The van der Waals surface area contributed by atoms with E-state index in [2.05, 4.69) is 11.9 Å². The van der Waals surface area contributed by atoms with Crippen molar-refractivity contribution in [1.82, 2.24) is 9.47 Å². The van der Waals surface area contributed by atoms with Gasteiger partial charge in [0.05, 0.1) is 17.2 Å². The van der Waals surface area contributed by atoms with Gasteiger partial charge in [-0.25, -0.2) is 9.79 Å². The maximum Gasteiger partial charge on any atom is 0.344 e. The molecule has 8 heteroatoms. The predicted octanol–water partition coefficient (Wildman–Crippen LogP) is 6.24. The number of benzene rings is 2. The summed E-state index contributed by atoms with van der Waals surface area (Å²) in [6.07, 6.45) is 7.02. The molecule has 0 bridgehead atoms. The molecule has 0 aliphatic carbocycles. The van der Waals surface area contributed by atoms with Crippen molar-refractivity contribution in [2.45, 2.75) is 45.7 Å². The first kappa shape index (κ1) is 25.9. The summed E-state index contributed by atoms with van der Waals surface area (Å²) in [6.45, 7) is 5.07. The molecule has 5 rings (SSSR count). The number of likely N-dealkylation sites (tertiary alicyclic amines) is 1. The number of aliphatic hydroxyl groups excluding tert-OH is 1. The quantitative estimate of drug-likeness (QED) is 0.383. The number of amides is 1. The van der Waals surface area contributed by atoms with Gasteiger partial charge in [0.15, 0.2) is 0 Å². The van der Waals surface area contributed by atoms with Gasteiger partial charge < -0.3 is 19.3 Å². The second-order valence-electron chi connectivity index (χ2n) is 9.47. The molecule has 2 aromatic carbocycles. The number of aliphatic hydroxyl groups is 1. The lowest BCUT2D eigenvalue weighted by molar-refractivity contribution is -0.138. The van der Waals surface area contributed by atoms with E-state index in [1.165, 1.54) is 11.8 Å². The minimum absolute atomic E-state index is 0.0601. The molecule has 3 aromatic rings. The number of rotatable bonds is 6. The number of aliphatic imine (C=N–C) groups is 1. The lowest BCUT2D eigenvalue weighted by Crippen LogP contribution is -2.43. The van der Waals surface area contributed by atoms with Crippen LogP contribution in [0.15, 0.2) is 82.0 Å². The molecule has 7 nitrogen and oxygen atoms in total. The molecule has 2 aliphatic rings. The maximum absolute atomic E-state index is 13.2. The van der Waals surface area contributed by atoms with Crippen molar-refractivity contribution < 1.29 is 19.4 Å². The number of hydrogen-bond donors (Lipinski definition) is 1. The van der Waals surface area contributed by atoms with Gasteiger partial charge in [-0.3, -0.25) is 4.79 Å². The van der Waals surface area contributed by atoms with Crippen LogP contribution in [-0.2, 0) is 20.9 Å². The Kier molecular flexibility index (Phi) is 7.69. The van der Waals surface area contributed by atoms with Gasteiger partial charge in [-0.05, 0) is 57.4 Å². The zero-order valence-electron chi connectivity index (χ0n) is 21.6. The number of hydrogen-bond acceptors (Lipinski definition) is 6. The molecule has 196 valence electrons. The number of carbonyl (C=O) groups is 2. The fourth-order valence-electron chi connectivity index (χ4n) is 4.98. The van der Waals surface area contributed by atoms with E-state index in [0.717, 1.165) is 42.3 Å². The molecule has 1 N–H and O–H groups in total. The van der Waals surface area contributed by atoms with Crippen molar-refractivity contribution in [2.24, 2.45) is 4.99 Å². The summed E-state index contributed by atoms with van der Waals surface area (Å²) < 4.78 is 7.19. The SMILES string of the molecule is CCOC(=O)C1=C(O)/C(=C/c2cn(CC(=O)N3CCCC[C@H]3C)c3ccccc23)SC1=Nc1ccccc1. The van der Waals surface area contributed by atoms with Crippen molar-refractivity contribution >= 4 is 51.3 Å². The monoisotopic (exact) mass is 529 g/mol. The van der Waals surface area contributed by atoms with E-state index in [-0.39, 0.29) is 36.4 Å². The number of piperidine rings is 1. The summed E-state index contributed by atoms with van der Waals surface area (Å²) in [7, 11) is 0. The Morgan fingerprint density at radius 3 is 2.66 bits per heavy atom. The number of thioether (sulfide) groups is 1. The number of carbonyl (C=O) groups excluding carboxylic acids is 2. The van der Waals surface area contributed by atoms with Crippen molar-refractivity contribution in [1.29, 1.82) is 0 Å². The molecule has 0 spiro atoms. The fraction of sp³-hybridized carbons (Fsp3) is 0.300. The van der Waals surface area contributed by atoms with Crippen LogP contribution in [0.5, 0.6) is 0 Å². The van der Waals surface area contributed by atoms with E-state index in [9.17, 15) is 14.7 Å². The van der Waals surface area contributed by atoms with Crippen LogP contribution >= 0.6 is 11.8 Å². The molecule has 2 aliphatic heterocycles. The van der Waals surface area contributed by atoms with E-state index < -0.39 is 5.97 Å². The van der Waals surface area contributed by atoms with Gasteiger partial charge in [0.1, 0.15) is 22.9 Å². The molecule has 1 amide bonds. The zero-order chi connectivity index (χ0) is 26.6. The normalized spacial score (nSPS) is 20.1. The first-order valence-corrected chi connectivity index (χ1v) is 13.8. The van der Waals surface area contributed by atoms with Gasteiger partial charge in [0, 0.05) is 35.2 Å².